The molecule has 0 saturated carbocycles. The van der Waals surface area contributed by atoms with Crippen LogP contribution in [0, 0.1) is 6.92 Å². The molecule has 102 valence electrons. The Morgan fingerprint density at radius 3 is 2.55 bits per heavy atom. The minimum absolute atomic E-state index is 0.403. The first-order valence-corrected chi connectivity index (χ1v) is 7.42. The summed E-state index contributed by atoms with van der Waals surface area (Å²) in [6.07, 6.45) is 0. The Hall–Kier alpha value is -1.23. The predicted molar refractivity (Wildman–Crippen MR) is 87.9 cm³/mol. The molecule has 1 heterocycles. The molecule has 0 spiro atoms. The Labute approximate surface area is 134 Å². The number of imidazole rings is 1. The number of nitrogen functional groups attached to an aromatic ring is 1. The summed E-state index contributed by atoms with van der Waals surface area (Å²) in [5.41, 5.74) is 9.63. The van der Waals surface area contributed by atoms with E-state index in [1.165, 1.54) is 0 Å². The zero-order valence-corrected chi connectivity index (χ0v) is 13.6. The highest BCUT2D eigenvalue weighted by molar-refractivity contribution is 9.10. The van der Waals surface area contributed by atoms with Crippen LogP contribution in [0.15, 0.2) is 34.8 Å². The molecule has 0 aliphatic carbocycles. The summed E-state index contributed by atoms with van der Waals surface area (Å²) < 4.78 is 2.90. The van der Waals surface area contributed by atoms with Crippen molar-refractivity contribution in [2.45, 2.75) is 6.92 Å². The summed E-state index contributed by atoms with van der Waals surface area (Å²) in [4.78, 5) is 4.33. The molecule has 3 nitrogen and oxygen atoms in total. The summed E-state index contributed by atoms with van der Waals surface area (Å²) in [6.45, 7) is 2.02. The highest BCUT2D eigenvalue weighted by atomic mass is 79.9. The van der Waals surface area contributed by atoms with Crippen molar-refractivity contribution in [3.63, 3.8) is 0 Å². The number of aryl methyl sites for hydroxylation is 1. The van der Waals surface area contributed by atoms with Crippen molar-refractivity contribution >= 4 is 56.1 Å². The van der Waals surface area contributed by atoms with Gasteiger partial charge in [0, 0.05) is 10.2 Å². The minimum atomic E-state index is 0.403. The van der Waals surface area contributed by atoms with E-state index in [-0.39, 0.29) is 0 Å². The standard InChI is InChI=1S/C14H10BrCl2N3/c1-7-4-8(2-3-9(7)15)20-13-6-11(17)10(16)5-12(13)19-14(20)18/h2-6H,1H3,(H2,18,19). The van der Waals surface area contributed by atoms with E-state index in [9.17, 15) is 0 Å². The molecule has 0 bridgehead atoms. The van der Waals surface area contributed by atoms with E-state index < -0.39 is 0 Å². The van der Waals surface area contributed by atoms with Crippen molar-refractivity contribution in [3.8, 4) is 5.69 Å². The van der Waals surface area contributed by atoms with Crippen LogP contribution in [0.2, 0.25) is 10.0 Å². The lowest BCUT2D eigenvalue weighted by atomic mass is 10.2. The fraction of sp³-hybridized carbons (Fsp3) is 0.0714. The van der Waals surface area contributed by atoms with Gasteiger partial charge in [-0.05, 0) is 42.8 Å². The Morgan fingerprint density at radius 1 is 1.15 bits per heavy atom. The van der Waals surface area contributed by atoms with Gasteiger partial charge in [-0.1, -0.05) is 39.1 Å². The van der Waals surface area contributed by atoms with Crippen LogP contribution < -0.4 is 5.73 Å². The molecule has 0 saturated heterocycles. The van der Waals surface area contributed by atoms with Gasteiger partial charge < -0.3 is 5.73 Å². The van der Waals surface area contributed by atoms with Crippen LogP contribution in [-0.4, -0.2) is 9.55 Å². The Kier molecular flexibility index (Phi) is 3.40. The number of hydrogen-bond acceptors (Lipinski definition) is 2. The topological polar surface area (TPSA) is 43.8 Å². The SMILES string of the molecule is Cc1cc(-n2c(N)nc3cc(Cl)c(Cl)cc32)ccc1Br. The Morgan fingerprint density at radius 2 is 1.85 bits per heavy atom. The van der Waals surface area contributed by atoms with E-state index in [0.717, 1.165) is 26.8 Å². The monoisotopic (exact) mass is 369 g/mol. The van der Waals surface area contributed by atoms with Crippen molar-refractivity contribution in [2.24, 2.45) is 0 Å². The van der Waals surface area contributed by atoms with E-state index in [1.807, 2.05) is 29.7 Å². The zero-order chi connectivity index (χ0) is 14.4. The Bertz CT molecular complexity index is 827. The fourth-order valence-corrected chi connectivity index (χ4v) is 2.69. The third kappa shape index (κ3) is 2.18. The van der Waals surface area contributed by atoms with Crippen LogP contribution >= 0.6 is 39.1 Å². The van der Waals surface area contributed by atoms with Gasteiger partial charge in [-0.25, -0.2) is 4.98 Å². The minimum Gasteiger partial charge on any atom is -0.369 e. The predicted octanol–water partition coefficient (Wildman–Crippen LogP) is 4.99. The number of aromatic nitrogens is 2. The first-order chi connectivity index (χ1) is 9.47. The molecule has 3 aromatic rings. The van der Waals surface area contributed by atoms with Crippen LogP contribution in [0.25, 0.3) is 16.7 Å². The quantitative estimate of drug-likeness (QED) is 0.656. The third-order valence-corrected chi connectivity index (χ3v) is 4.73. The third-order valence-electron chi connectivity index (χ3n) is 3.12. The second-order valence-electron chi connectivity index (χ2n) is 4.49. The number of halogens is 3. The Balaban J connectivity index is 2.32. The molecular weight excluding hydrogens is 361 g/mol. The second-order valence-corrected chi connectivity index (χ2v) is 6.16. The van der Waals surface area contributed by atoms with Crippen LogP contribution in [0.4, 0.5) is 5.95 Å². The molecule has 0 radical (unpaired) electrons. The molecule has 0 amide bonds. The van der Waals surface area contributed by atoms with Crippen LogP contribution in [-0.2, 0) is 0 Å². The van der Waals surface area contributed by atoms with Crippen molar-refractivity contribution < 1.29 is 0 Å². The first kappa shape index (κ1) is 13.7. The normalized spacial score (nSPS) is 11.2. The number of anilines is 1. The molecule has 2 aromatic carbocycles. The summed E-state index contributed by atoms with van der Waals surface area (Å²) >= 11 is 15.6. The number of nitrogens with two attached hydrogens (primary N) is 1. The average Bonchev–Trinajstić information content (AvgIpc) is 2.69. The van der Waals surface area contributed by atoms with Crippen LogP contribution in [0.3, 0.4) is 0 Å². The maximum absolute atomic E-state index is 6.09. The van der Waals surface area contributed by atoms with Gasteiger partial charge in [0.2, 0.25) is 5.95 Å². The van der Waals surface area contributed by atoms with Gasteiger partial charge in [0.15, 0.2) is 0 Å². The van der Waals surface area contributed by atoms with Gasteiger partial charge in [-0.15, -0.1) is 0 Å². The van der Waals surface area contributed by atoms with Gasteiger partial charge in [0.1, 0.15) is 0 Å². The van der Waals surface area contributed by atoms with E-state index in [2.05, 4.69) is 20.9 Å². The molecule has 0 atom stereocenters. The summed E-state index contributed by atoms with van der Waals surface area (Å²) in [5.74, 6) is 0.403. The van der Waals surface area contributed by atoms with Crippen LogP contribution in [0.5, 0.6) is 0 Å². The van der Waals surface area contributed by atoms with E-state index in [4.69, 9.17) is 28.9 Å². The zero-order valence-electron chi connectivity index (χ0n) is 10.5. The summed E-state index contributed by atoms with van der Waals surface area (Å²) in [6, 6.07) is 9.48. The highest BCUT2D eigenvalue weighted by Crippen LogP contribution is 2.31. The van der Waals surface area contributed by atoms with Gasteiger partial charge in [-0.3, -0.25) is 4.57 Å². The molecule has 1 aromatic heterocycles. The molecule has 20 heavy (non-hydrogen) atoms. The first-order valence-electron chi connectivity index (χ1n) is 5.87. The lowest BCUT2D eigenvalue weighted by molar-refractivity contribution is 1.10. The average molecular weight is 371 g/mol. The molecule has 3 rings (SSSR count). The smallest absolute Gasteiger partial charge is 0.205 e. The van der Waals surface area contributed by atoms with Crippen molar-refractivity contribution in [2.75, 3.05) is 5.73 Å². The van der Waals surface area contributed by atoms with Crippen LogP contribution in [0.1, 0.15) is 5.56 Å². The number of fused-ring (bicyclic) bond motifs is 1. The maximum atomic E-state index is 6.09. The molecule has 0 aliphatic heterocycles. The van der Waals surface area contributed by atoms with E-state index in [1.54, 1.807) is 12.1 Å². The molecule has 0 fully saturated rings. The number of rotatable bonds is 1. The lowest BCUT2D eigenvalue weighted by Crippen LogP contribution is -2.00. The van der Waals surface area contributed by atoms with Crippen molar-refractivity contribution in [1.29, 1.82) is 0 Å². The number of nitrogens with zero attached hydrogens (tertiary/aromatic N) is 2. The van der Waals surface area contributed by atoms with Gasteiger partial charge in [0.25, 0.3) is 0 Å². The van der Waals surface area contributed by atoms with Crippen molar-refractivity contribution in [1.82, 2.24) is 9.55 Å². The number of hydrogen-bond donors (Lipinski definition) is 1. The molecule has 6 heteroatoms. The maximum Gasteiger partial charge on any atom is 0.205 e. The molecule has 0 unspecified atom stereocenters. The van der Waals surface area contributed by atoms with E-state index in [0.29, 0.717) is 16.0 Å². The van der Waals surface area contributed by atoms with Gasteiger partial charge >= 0.3 is 0 Å². The second kappa shape index (κ2) is 4.95. The summed E-state index contributed by atoms with van der Waals surface area (Å²) in [5, 5.41) is 0.949. The lowest BCUT2D eigenvalue weighted by Gasteiger charge is -2.09. The fourth-order valence-electron chi connectivity index (χ4n) is 2.13. The van der Waals surface area contributed by atoms with Crippen molar-refractivity contribution in [3.05, 3.63) is 50.4 Å². The molecular formula is C14H10BrCl2N3. The largest absolute Gasteiger partial charge is 0.369 e. The highest BCUT2D eigenvalue weighted by Gasteiger charge is 2.13. The number of benzene rings is 2. The van der Waals surface area contributed by atoms with E-state index >= 15 is 0 Å². The van der Waals surface area contributed by atoms with Gasteiger partial charge in [-0.2, -0.15) is 0 Å². The molecule has 2 N–H and O–H groups in total. The molecule has 0 aliphatic rings. The van der Waals surface area contributed by atoms with Gasteiger partial charge in [0.05, 0.1) is 21.1 Å². The summed E-state index contributed by atoms with van der Waals surface area (Å²) in [7, 11) is 0.